The van der Waals surface area contributed by atoms with Crippen molar-refractivity contribution in [3.8, 4) is 0 Å². The van der Waals surface area contributed by atoms with Crippen molar-refractivity contribution in [1.82, 2.24) is 5.32 Å². The molecule has 0 aromatic heterocycles. The first-order valence-electron chi connectivity index (χ1n) is 5.18. The number of nitrogens with zero attached hydrogens (tertiary/aromatic N) is 1. The van der Waals surface area contributed by atoms with E-state index in [0.717, 1.165) is 22.9 Å². The van der Waals surface area contributed by atoms with Crippen molar-refractivity contribution in [3.63, 3.8) is 0 Å². The molecular formula is C11H15BrN2O2. The molecule has 1 rings (SSSR count). The van der Waals surface area contributed by atoms with Crippen LogP contribution in [0.25, 0.3) is 0 Å². The second-order valence-electron chi connectivity index (χ2n) is 3.63. The highest BCUT2D eigenvalue weighted by Gasteiger charge is 2.11. The molecule has 1 aromatic rings. The van der Waals surface area contributed by atoms with Gasteiger partial charge >= 0.3 is 0 Å². The molecule has 1 aromatic carbocycles. The number of halogens is 1. The van der Waals surface area contributed by atoms with Crippen molar-refractivity contribution in [2.75, 3.05) is 7.05 Å². The van der Waals surface area contributed by atoms with Crippen LogP contribution in [0.3, 0.4) is 0 Å². The van der Waals surface area contributed by atoms with Crippen LogP contribution >= 0.6 is 15.9 Å². The van der Waals surface area contributed by atoms with Crippen LogP contribution in [0.5, 0.6) is 0 Å². The standard InChI is InChI=1S/C11H15BrN2O2/c1-3-9(13-2)6-8-4-5-10(14(15)16)7-11(8)12/h4-5,7,9,13H,3,6H2,1-2H3. The van der Waals surface area contributed by atoms with Gasteiger partial charge in [-0.1, -0.05) is 28.9 Å². The molecule has 0 spiro atoms. The van der Waals surface area contributed by atoms with Gasteiger partial charge < -0.3 is 5.32 Å². The van der Waals surface area contributed by atoms with E-state index in [-0.39, 0.29) is 10.6 Å². The quantitative estimate of drug-likeness (QED) is 0.669. The number of hydrogen-bond donors (Lipinski definition) is 1. The SMILES string of the molecule is CCC(Cc1ccc([N+](=O)[O-])cc1Br)NC. The monoisotopic (exact) mass is 286 g/mol. The fourth-order valence-corrected chi connectivity index (χ4v) is 2.06. The number of nitrogens with one attached hydrogen (secondary N) is 1. The van der Waals surface area contributed by atoms with Crippen molar-refractivity contribution >= 4 is 21.6 Å². The van der Waals surface area contributed by atoms with E-state index in [1.807, 2.05) is 13.1 Å². The van der Waals surface area contributed by atoms with E-state index in [1.165, 1.54) is 0 Å². The maximum Gasteiger partial charge on any atom is 0.270 e. The molecule has 0 heterocycles. The van der Waals surface area contributed by atoms with Crippen LogP contribution in [0.4, 0.5) is 5.69 Å². The first kappa shape index (κ1) is 13.1. The van der Waals surface area contributed by atoms with Crippen LogP contribution in [0.1, 0.15) is 18.9 Å². The van der Waals surface area contributed by atoms with Crippen LogP contribution in [0, 0.1) is 10.1 Å². The van der Waals surface area contributed by atoms with Gasteiger partial charge in [-0.25, -0.2) is 0 Å². The molecule has 4 nitrogen and oxygen atoms in total. The maximum atomic E-state index is 10.6. The van der Waals surface area contributed by atoms with E-state index in [9.17, 15) is 10.1 Å². The third kappa shape index (κ3) is 3.28. The number of nitro benzene ring substituents is 1. The van der Waals surface area contributed by atoms with Crippen molar-refractivity contribution in [3.05, 3.63) is 38.3 Å². The zero-order valence-corrected chi connectivity index (χ0v) is 11.0. The normalized spacial score (nSPS) is 12.4. The summed E-state index contributed by atoms with van der Waals surface area (Å²) in [6, 6.07) is 5.31. The molecule has 0 bridgehead atoms. The van der Waals surface area contributed by atoms with Crippen LogP contribution in [0.15, 0.2) is 22.7 Å². The lowest BCUT2D eigenvalue weighted by molar-refractivity contribution is -0.384. The molecule has 0 saturated heterocycles. The van der Waals surface area contributed by atoms with Gasteiger partial charge in [-0.2, -0.15) is 0 Å². The topological polar surface area (TPSA) is 55.2 Å². The highest BCUT2D eigenvalue weighted by Crippen LogP contribution is 2.24. The van der Waals surface area contributed by atoms with Crippen LogP contribution in [-0.2, 0) is 6.42 Å². The van der Waals surface area contributed by atoms with Gasteiger partial charge in [0.05, 0.1) is 4.92 Å². The van der Waals surface area contributed by atoms with Gasteiger partial charge in [-0.15, -0.1) is 0 Å². The first-order chi connectivity index (χ1) is 7.58. The van der Waals surface area contributed by atoms with Gasteiger partial charge in [-0.3, -0.25) is 10.1 Å². The third-order valence-electron chi connectivity index (χ3n) is 2.61. The molecule has 1 atom stereocenters. The van der Waals surface area contributed by atoms with Crippen LogP contribution in [-0.4, -0.2) is 18.0 Å². The lowest BCUT2D eigenvalue weighted by atomic mass is 10.0. The van der Waals surface area contributed by atoms with Gasteiger partial charge in [0, 0.05) is 22.6 Å². The summed E-state index contributed by atoms with van der Waals surface area (Å²) in [7, 11) is 1.92. The number of rotatable bonds is 5. The summed E-state index contributed by atoms with van der Waals surface area (Å²) in [6.45, 7) is 2.11. The predicted molar refractivity (Wildman–Crippen MR) is 67.6 cm³/mol. The highest BCUT2D eigenvalue weighted by atomic mass is 79.9. The minimum Gasteiger partial charge on any atom is -0.317 e. The van der Waals surface area contributed by atoms with Crippen LogP contribution in [0.2, 0.25) is 0 Å². The van der Waals surface area contributed by atoms with Gasteiger partial charge in [0.25, 0.3) is 5.69 Å². The second-order valence-corrected chi connectivity index (χ2v) is 4.49. The average molecular weight is 287 g/mol. The van der Waals surface area contributed by atoms with E-state index >= 15 is 0 Å². The average Bonchev–Trinajstić information content (AvgIpc) is 2.27. The van der Waals surface area contributed by atoms with E-state index in [0.29, 0.717) is 6.04 Å². The fraction of sp³-hybridized carbons (Fsp3) is 0.455. The molecule has 0 aliphatic heterocycles. The van der Waals surface area contributed by atoms with Crippen molar-refractivity contribution in [2.45, 2.75) is 25.8 Å². The van der Waals surface area contributed by atoms with Gasteiger partial charge in [-0.05, 0) is 25.5 Å². The maximum absolute atomic E-state index is 10.6. The summed E-state index contributed by atoms with van der Waals surface area (Å²) in [5.74, 6) is 0. The fourth-order valence-electron chi connectivity index (χ4n) is 1.53. The summed E-state index contributed by atoms with van der Waals surface area (Å²) in [4.78, 5) is 10.2. The minimum absolute atomic E-state index is 0.119. The van der Waals surface area contributed by atoms with Crippen molar-refractivity contribution in [2.24, 2.45) is 0 Å². The minimum atomic E-state index is -0.385. The Morgan fingerprint density at radius 1 is 1.56 bits per heavy atom. The summed E-state index contributed by atoms with van der Waals surface area (Å²) in [5.41, 5.74) is 1.21. The zero-order valence-electron chi connectivity index (χ0n) is 9.37. The second kappa shape index (κ2) is 5.96. The smallest absolute Gasteiger partial charge is 0.270 e. The first-order valence-corrected chi connectivity index (χ1v) is 5.97. The molecular weight excluding hydrogens is 272 g/mol. The lowest BCUT2D eigenvalue weighted by Crippen LogP contribution is -2.26. The summed E-state index contributed by atoms with van der Waals surface area (Å²) in [6.07, 6.45) is 1.89. The number of likely N-dealkylation sites (N-methyl/N-ethyl adjacent to an activating group) is 1. The largest absolute Gasteiger partial charge is 0.317 e. The molecule has 1 unspecified atom stereocenters. The number of benzene rings is 1. The molecule has 0 fully saturated rings. The Morgan fingerprint density at radius 3 is 2.69 bits per heavy atom. The van der Waals surface area contributed by atoms with E-state index < -0.39 is 0 Å². The summed E-state index contributed by atoms with van der Waals surface area (Å²) >= 11 is 3.37. The summed E-state index contributed by atoms with van der Waals surface area (Å²) in [5, 5.41) is 13.8. The van der Waals surface area contributed by atoms with Gasteiger partial charge in [0.2, 0.25) is 0 Å². The molecule has 0 amide bonds. The molecule has 0 saturated carbocycles. The molecule has 0 aliphatic rings. The Balaban J connectivity index is 2.86. The van der Waals surface area contributed by atoms with Crippen molar-refractivity contribution in [1.29, 1.82) is 0 Å². The van der Waals surface area contributed by atoms with Crippen LogP contribution < -0.4 is 5.32 Å². The molecule has 5 heteroatoms. The molecule has 1 N–H and O–H groups in total. The zero-order chi connectivity index (χ0) is 12.1. The third-order valence-corrected chi connectivity index (χ3v) is 3.35. The molecule has 0 aliphatic carbocycles. The lowest BCUT2D eigenvalue weighted by Gasteiger charge is -2.14. The molecule has 0 radical (unpaired) electrons. The van der Waals surface area contributed by atoms with E-state index in [4.69, 9.17) is 0 Å². The van der Waals surface area contributed by atoms with Gasteiger partial charge in [0.15, 0.2) is 0 Å². The Bertz CT molecular complexity index is 378. The number of nitro groups is 1. The van der Waals surface area contributed by atoms with Gasteiger partial charge in [0.1, 0.15) is 0 Å². The Kier molecular flexibility index (Phi) is 4.89. The number of non-ortho nitro benzene ring substituents is 1. The molecule has 16 heavy (non-hydrogen) atoms. The molecule has 88 valence electrons. The predicted octanol–water partition coefficient (Wildman–Crippen LogP) is 2.90. The van der Waals surface area contributed by atoms with E-state index in [1.54, 1.807) is 12.1 Å². The Hall–Kier alpha value is -0.940. The van der Waals surface area contributed by atoms with Crippen molar-refractivity contribution < 1.29 is 4.92 Å². The Labute approximate surface area is 103 Å². The van der Waals surface area contributed by atoms with E-state index in [2.05, 4.69) is 28.2 Å². The Morgan fingerprint density at radius 2 is 2.25 bits per heavy atom. The number of hydrogen-bond acceptors (Lipinski definition) is 3. The summed E-state index contributed by atoms with van der Waals surface area (Å²) < 4.78 is 0.801. The highest BCUT2D eigenvalue weighted by molar-refractivity contribution is 9.10.